The minimum absolute atomic E-state index is 0.336. The Hall–Kier alpha value is 1.59. The predicted molar refractivity (Wildman–Crippen MR) is 51.9 cm³/mol. The highest BCUT2D eigenvalue weighted by Crippen LogP contribution is 2.26. The molecule has 0 aliphatic carbocycles. The van der Waals surface area contributed by atoms with E-state index in [0.717, 1.165) is 18.5 Å². The number of hydrogen-bond donors (Lipinski definition) is 0. The summed E-state index contributed by atoms with van der Waals surface area (Å²) < 4.78 is 0. The van der Waals surface area contributed by atoms with Crippen LogP contribution in [-0.4, -0.2) is 14.8 Å². The molecule has 0 saturated heterocycles. The minimum Gasteiger partial charge on any atom is -0.176 e. The Balaban J connectivity index is 3.07. The van der Waals surface area contributed by atoms with Crippen LogP contribution in [0.4, 0.5) is 0 Å². The van der Waals surface area contributed by atoms with Gasteiger partial charge in [-0.3, -0.25) is 0 Å². The van der Waals surface area contributed by atoms with E-state index in [4.69, 9.17) is 44.3 Å². The molecule has 0 spiro atoms. The summed E-state index contributed by atoms with van der Waals surface area (Å²) in [6.07, 6.45) is 0.998. The van der Waals surface area contributed by atoms with Gasteiger partial charge < -0.3 is 0 Å². The first-order valence-electron chi connectivity index (χ1n) is 2.69. The highest BCUT2D eigenvalue weighted by atomic mass is 35.8. The summed E-state index contributed by atoms with van der Waals surface area (Å²) in [6, 6.07) is -0.467. The molecule has 0 rings (SSSR count). The van der Waals surface area contributed by atoms with Crippen molar-refractivity contribution in [3.8, 4) is 0 Å². The molecule has 0 bridgehead atoms. The molecule has 0 fully saturated rings. The smallest absolute Gasteiger partial charge is 0.176 e. The SMILES string of the molecule is Cl[SiH2]CCC[Si](Cl)(Cl)Cl. The zero-order valence-electron chi connectivity index (χ0n) is 4.84. The van der Waals surface area contributed by atoms with Crippen LogP contribution in [0.15, 0.2) is 0 Å². The van der Waals surface area contributed by atoms with Gasteiger partial charge >= 0.3 is 6.00 Å². The van der Waals surface area contributed by atoms with Gasteiger partial charge in [0.2, 0.25) is 0 Å². The average molecular weight is 242 g/mol. The standard InChI is InChI=1S/C3H8Cl4Si2/c4-8-2-1-3-9(5,6)7/h1-3,8H2. The third-order valence-electron chi connectivity index (χ3n) is 0.844. The second-order valence-corrected chi connectivity index (χ2v) is 13.3. The highest BCUT2D eigenvalue weighted by molar-refractivity contribution is 7.64. The molecule has 6 heteroatoms. The van der Waals surface area contributed by atoms with Crippen molar-refractivity contribution in [3.05, 3.63) is 0 Å². The molecule has 0 unspecified atom stereocenters. The molecule has 0 aromatic carbocycles. The fourth-order valence-electron chi connectivity index (χ4n) is 0.420. The molecule has 9 heavy (non-hydrogen) atoms. The molecule has 0 radical (unpaired) electrons. The van der Waals surface area contributed by atoms with Crippen LogP contribution in [0, 0.1) is 0 Å². The summed E-state index contributed by atoms with van der Waals surface area (Å²) in [5.74, 6) is 0. The van der Waals surface area contributed by atoms with Gasteiger partial charge in [-0.25, -0.2) is 0 Å². The molecule has 56 valence electrons. The lowest BCUT2D eigenvalue weighted by Crippen LogP contribution is -2.07. The van der Waals surface area contributed by atoms with Gasteiger partial charge in [0.25, 0.3) is 0 Å². The van der Waals surface area contributed by atoms with Crippen LogP contribution in [0.1, 0.15) is 6.42 Å². The van der Waals surface area contributed by atoms with Gasteiger partial charge in [-0.05, 0) is 12.1 Å². The molecular formula is C3H8Cl4Si2. The molecule has 0 nitrogen and oxygen atoms in total. The molecule has 0 amide bonds. The van der Waals surface area contributed by atoms with E-state index in [9.17, 15) is 0 Å². The predicted octanol–water partition coefficient (Wildman–Crippen LogP) is 2.77. The van der Waals surface area contributed by atoms with E-state index >= 15 is 0 Å². The van der Waals surface area contributed by atoms with E-state index in [2.05, 4.69) is 0 Å². The Labute approximate surface area is 77.5 Å². The largest absolute Gasteiger partial charge is 0.341 e. The van der Waals surface area contributed by atoms with E-state index in [-0.39, 0.29) is 8.83 Å². The molecule has 0 heterocycles. The first-order valence-corrected chi connectivity index (χ1v) is 11.1. The zero-order valence-corrected chi connectivity index (χ0v) is 10.3. The van der Waals surface area contributed by atoms with Crippen molar-refractivity contribution >= 4 is 59.1 Å². The molecular weight excluding hydrogens is 234 g/mol. The highest BCUT2D eigenvalue weighted by Gasteiger charge is 2.23. The Kier molecular flexibility index (Phi) is 6.20. The lowest BCUT2D eigenvalue weighted by molar-refractivity contribution is 1.07. The van der Waals surface area contributed by atoms with Crippen molar-refractivity contribution < 1.29 is 0 Å². The molecule has 0 N–H and O–H groups in total. The van der Waals surface area contributed by atoms with E-state index < -0.39 is 6.00 Å². The summed E-state index contributed by atoms with van der Waals surface area (Å²) in [7, 11) is -0.336. The van der Waals surface area contributed by atoms with Crippen molar-refractivity contribution in [1.29, 1.82) is 0 Å². The maximum Gasteiger partial charge on any atom is 0.341 e. The van der Waals surface area contributed by atoms with Gasteiger partial charge in [0, 0.05) is 0 Å². The monoisotopic (exact) mass is 240 g/mol. The zero-order chi connectivity index (χ0) is 7.33. The van der Waals surface area contributed by atoms with Crippen LogP contribution >= 0.6 is 44.3 Å². The topological polar surface area (TPSA) is 0 Å². The van der Waals surface area contributed by atoms with Gasteiger partial charge in [0.15, 0.2) is 0 Å². The fraction of sp³-hybridized carbons (Fsp3) is 1.00. The lowest BCUT2D eigenvalue weighted by Gasteiger charge is -2.04. The lowest BCUT2D eigenvalue weighted by atomic mass is 10.6. The van der Waals surface area contributed by atoms with E-state index in [1.807, 2.05) is 0 Å². The molecule has 0 aliphatic rings. The summed E-state index contributed by atoms with van der Waals surface area (Å²) >= 11 is 22.4. The number of rotatable bonds is 4. The first-order chi connectivity index (χ1) is 4.06. The van der Waals surface area contributed by atoms with Gasteiger partial charge in [-0.2, -0.15) is 11.1 Å². The fourth-order valence-corrected chi connectivity index (χ4v) is 3.78. The van der Waals surface area contributed by atoms with Gasteiger partial charge in [-0.1, -0.05) is 6.42 Å². The van der Waals surface area contributed by atoms with Crippen molar-refractivity contribution in [1.82, 2.24) is 0 Å². The molecule has 0 aromatic heterocycles. The van der Waals surface area contributed by atoms with Crippen LogP contribution in [-0.2, 0) is 0 Å². The van der Waals surface area contributed by atoms with Crippen molar-refractivity contribution in [2.75, 3.05) is 0 Å². The Morgan fingerprint density at radius 3 is 2.11 bits per heavy atom. The number of hydrogen-bond acceptors (Lipinski definition) is 0. The third-order valence-corrected chi connectivity index (χ3v) is 5.03. The van der Waals surface area contributed by atoms with Crippen molar-refractivity contribution in [2.24, 2.45) is 0 Å². The van der Waals surface area contributed by atoms with Crippen molar-refractivity contribution in [2.45, 2.75) is 18.5 Å². The van der Waals surface area contributed by atoms with Crippen LogP contribution in [0.3, 0.4) is 0 Å². The van der Waals surface area contributed by atoms with E-state index in [0.29, 0.717) is 0 Å². The maximum atomic E-state index is 5.61. The molecule has 0 aliphatic heterocycles. The minimum atomic E-state index is -2.31. The van der Waals surface area contributed by atoms with E-state index in [1.54, 1.807) is 0 Å². The van der Waals surface area contributed by atoms with Crippen LogP contribution in [0.5, 0.6) is 0 Å². The van der Waals surface area contributed by atoms with Crippen molar-refractivity contribution in [3.63, 3.8) is 0 Å². The molecule has 0 aromatic rings. The Morgan fingerprint density at radius 2 is 1.78 bits per heavy atom. The third kappa shape index (κ3) is 9.59. The summed E-state index contributed by atoms with van der Waals surface area (Å²) in [4.78, 5) is 0. The van der Waals surface area contributed by atoms with Crippen LogP contribution in [0.25, 0.3) is 0 Å². The van der Waals surface area contributed by atoms with Gasteiger partial charge in [-0.15, -0.1) is 33.2 Å². The molecule has 0 saturated carbocycles. The number of halogens is 4. The molecule has 0 atom stereocenters. The van der Waals surface area contributed by atoms with Crippen LogP contribution < -0.4 is 0 Å². The normalized spacial score (nSPS) is 13.3. The van der Waals surface area contributed by atoms with Gasteiger partial charge in [0.05, 0.1) is 0 Å². The Morgan fingerprint density at radius 1 is 1.22 bits per heavy atom. The first kappa shape index (κ1) is 10.6. The van der Waals surface area contributed by atoms with Gasteiger partial charge in [0.1, 0.15) is 8.83 Å². The summed E-state index contributed by atoms with van der Waals surface area (Å²) in [6.45, 7) is 0. The second kappa shape index (κ2) is 5.27. The summed E-state index contributed by atoms with van der Waals surface area (Å²) in [5.41, 5.74) is 0. The quantitative estimate of drug-likeness (QED) is 0.404. The van der Waals surface area contributed by atoms with Crippen LogP contribution in [0.2, 0.25) is 12.1 Å². The Bertz CT molecular complexity index is 70.7. The second-order valence-electron chi connectivity index (χ2n) is 1.76. The maximum absolute atomic E-state index is 5.61. The average Bonchev–Trinajstić information content (AvgIpc) is 1.63. The summed E-state index contributed by atoms with van der Waals surface area (Å²) in [5, 5.41) is 0. The van der Waals surface area contributed by atoms with E-state index in [1.165, 1.54) is 0 Å².